The third-order valence-electron chi connectivity index (χ3n) is 4.78. The van der Waals surface area contributed by atoms with Crippen molar-refractivity contribution in [2.45, 2.75) is 77.7 Å². The molecule has 8 heteroatoms. The molecule has 0 fully saturated rings. The largest absolute Gasteiger partial charge is 0.466 e. The summed E-state index contributed by atoms with van der Waals surface area (Å²) in [5.74, 6) is -3.36. The minimum absolute atomic E-state index is 0.0652. The Balaban J connectivity index is 3.21. The molecule has 0 saturated heterocycles. The number of hydrogen-bond donors (Lipinski definition) is 0. The van der Waals surface area contributed by atoms with Crippen LogP contribution >= 0.6 is 0 Å². The topological polar surface area (TPSA) is 105 Å². The number of unbranched alkanes of at least 4 members (excludes halogenated alkanes) is 3. The van der Waals surface area contributed by atoms with Crippen LogP contribution in [0.15, 0.2) is 30.3 Å². The van der Waals surface area contributed by atoms with Crippen LogP contribution in [-0.4, -0.2) is 49.3 Å². The fourth-order valence-electron chi connectivity index (χ4n) is 2.80. The summed E-state index contributed by atoms with van der Waals surface area (Å²) < 4.78 is 21.2. The van der Waals surface area contributed by atoms with E-state index in [0.29, 0.717) is 19.3 Å². The number of rotatable bonds is 16. The molecule has 184 valence electrons. The monoisotopic (exact) mass is 464 g/mol. The van der Waals surface area contributed by atoms with Crippen LogP contribution in [0.4, 0.5) is 0 Å². The molecule has 0 aromatic heterocycles. The molecule has 1 rings (SSSR count). The lowest BCUT2D eigenvalue weighted by Crippen LogP contribution is -2.48. The average Bonchev–Trinajstić information content (AvgIpc) is 2.80. The summed E-state index contributed by atoms with van der Waals surface area (Å²) in [6, 6.07) is 8.01. The molecule has 0 aliphatic heterocycles. The summed E-state index contributed by atoms with van der Waals surface area (Å²) in [5, 5.41) is 0. The van der Waals surface area contributed by atoms with E-state index in [-0.39, 0.29) is 25.4 Å². The highest BCUT2D eigenvalue weighted by Gasteiger charge is 2.49. The van der Waals surface area contributed by atoms with Crippen LogP contribution in [0.2, 0.25) is 0 Å². The second-order valence-electron chi connectivity index (χ2n) is 7.74. The van der Waals surface area contributed by atoms with Crippen molar-refractivity contribution in [1.29, 1.82) is 0 Å². The van der Waals surface area contributed by atoms with Gasteiger partial charge in [-0.25, -0.2) is 9.59 Å². The molecule has 0 heterocycles. The Morgan fingerprint density at radius 1 is 0.697 bits per heavy atom. The minimum Gasteiger partial charge on any atom is -0.466 e. The van der Waals surface area contributed by atoms with Gasteiger partial charge in [-0.3, -0.25) is 9.59 Å². The summed E-state index contributed by atoms with van der Waals surface area (Å²) in [6.45, 7) is 6.19. The molecule has 0 atom stereocenters. The zero-order valence-electron chi connectivity index (χ0n) is 19.9. The summed E-state index contributed by atoms with van der Waals surface area (Å²) in [6.07, 6.45) is 2.95. The van der Waals surface area contributed by atoms with E-state index in [9.17, 15) is 19.2 Å². The molecular weight excluding hydrogens is 428 g/mol. The van der Waals surface area contributed by atoms with Crippen LogP contribution in [0.1, 0.15) is 82.5 Å². The molecule has 1 aromatic rings. The van der Waals surface area contributed by atoms with Crippen LogP contribution in [-0.2, 0) is 33.3 Å². The lowest BCUT2D eigenvalue weighted by atomic mass is 9.94. The van der Waals surface area contributed by atoms with Gasteiger partial charge in [0, 0.05) is 0 Å². The molecule has 0 N–H and O–H groups in total. The lowest BCUT2D eigenvalue weighted by Gasteiger charge is -2.30. The molecule has 0 radical (unpaired) electrons. The van der Waals surface area contributed by atoms with Gasteiger partial charge in [-0.2, -0.15) is 0 Å². The van der Waals surface area contributed by atoms with Crippen LogP contribution in [0, 0.1) is 0 Å². The first kappa shape index (κ1) is 28.1. The maximum Gasteiger partial charge on any atom is 0.351 e. The molecule has 0 aliphatic carbocycles. The smallest absolute Gasteiger partial charge is 0.351 e. The predicted octanol–water partition coefficient (Wildman–Crippen LogP) is 4.39. The Hall–Kier alpha value is -2.90. The van der Waals surface area contributed by atoms with E-state index in [1.165, 1.54) is 12.1 Å². The lowest BCUT2D eigenvalue weighted by molar-refractivity contribution is -0.178. The summed E-state index contributed by atoms with van der Waals surface area (Å²) in [5.41, 5.74) is -2.02. The first-order valence-corrected chi connectivity index (χ1v) is 11.6. The Morgan fingerprint density at radius 2 is 1.15 bits per heavy atom. The number of benzene rings is 1. The van der Waals surface area contributed by atoms with E-state index in [1.54, 1.807) is 18.2 Å². The number of carbonyl (C=O) groups is 4. The fraction of sp³-hybridized carbons (Fsp3) is 0.600. The second-order valence-corrected chi connectivity index (χ2v) is 7.74. The molecule has 0 aliphatic rings. The summed E-state index contributed by atoms with van der Waals surface area (Å²) in [7, 11) is 0. The van der Waals surface area contributed by atoms with Crippen LogP contribution in [0.5, 0.6) is 0 Å². The van der Waals surface area contributed by atoms with Crippen LogP contribution in [0.3, 0.4) is 0 Å². The average molecular weight is 465 g/mol. The number of hydrogen-bond acceptors (Lipinski definition) is 8. The van der Waals surface area contributed by atoms with Gasteiger partial charge in [-0.05, 0) is 31.4 Å². The van der Waals surface area contributed by atoms with E-state index >= 15 is 0 Å². The van der Waals surface area contributed by atoms with E-state index in [4.69, 9.17) is 18.9 Å². The van der Waals surface area contributed by atoms with Gasteiger partial charge in [-0.1, -0.05) is 58.2 Å². The molecular formula is C25H36O8. The van der Waals surface area contributed by atoms with Crippen molar-refractivity contribution < 1.29 is 38.1 Å². The highest BCUT2D eigenvalue weighted by Crippen LogP contribution is 2.27. The van der Waals surface area contributed by atoms with Gasteiger partial charge >= 0.3 is 23.9 Å². The molecule has 0 unspecified atom stereocenters. The molecule has 1 aromatic carbocycles. The first-order valence-electron chi connectivity index (χ1n) is 11.6. The highest BCUT2D eigenvalue weighted by atomic mass is 16.6. The quantitative estimate of drug-likeness (QED) is 0.201. The standard InChI is InChI=1S/C25H36O8/c1-4-7-15-30-21(26)18-25(24(29)32-17-9-6-3,19-22(27)31-16-8-5-2)33-23(28)20-13-11-10-12-14-20/h10-14H,4-9,15-19H2,1-3H3. The van der Waals surface area contributed by atoms with Crippen molar-refractivity contribution in [3.63, 3.8) is 0 Å². The second kappa shape index (κ2) is 15.8. The third kappa shape index (κ3) is 10.5. The zero-order valence-corrected chi connectivity index (χ0v) is 19.9. The third-order valence-corrected chi connectivity index (χ3v) is 4.78. The van der Waals surface area contributed by atoms with Gasteiger partial charge in [0.05, 0.1) is 38.2 Å². The molecule has 33 heavy (non-hydrogen) atoms. The summed E-state index contributed by atoms with van der Waals surface area (Å²) in [4.78, 5) is 51.1. The van der Waals surface area contributed by atoms with Crippen molar-refractivity contribution in [3.8, 4) is 0 Å². The highest BCUT2D eigenvalue weighted by molar-refractivity contribution is 5.96. The van der Waals surface area contributed by atoms with Crippen LogP contribution in [0.25, 0.3) is 0 Å². The van der Waals surface area contributed by atoms with Gasteiger partial charge in [-0.15, -0.1) is 0 Å². The molecule has 0 saturated carbocycles. The van der Waals surface area contributed by atoms with Crippen molar-refractivity contribution in [1.82, 2.24) is 0 Å². The molecule has 0 amide bonds. The number of carbonyl (C=O) groups excluding carboxylic acids is 4. The van der Waals surface area contributed by atoms with Gasteiger partial charge in [0.15, 0.2) is 0 Å². The van der Waals surface area contributed by atoms with E-state index < -0.39 is 42.3 Å². The van der Waals surface area contributed by atoms with Crippen molar-refractivity contribution in [2.75, 3.05) is 19.8 Å². The van der Waals surface area contributed by atoms with Gasteiger partial charge in [0.2, 0.25) is 5.60 Å². The fourth-order valence-corrected chi connectivity index (χ4v) is 2.80. The van der Waals surface area contributed by atoms with Crippen molar-refractivity contribution in [2.24, 2.45) is 0 Å². The maximum atomic E-state index is 13.1. The minimum atomic E-state index is -2.19. The van der Waals surface area contributed by atoms with E-state index in [0.717, 1.165) is 19.3 Å². The number of esters is 4. The first-order chi connectivity index (χ1) is 15.9. The van der Waals surface area contributed by atoms with Gasteiger partial charge in [0.1, 0.15) is 0 Å². The molecule has 8 nitrogen and oxygen atoms in total. The normalized spacial score (nSPS) is 10.9. The Morgan fingerprint density at radius 3 is 1.61 bits per heavy atom. The molecule has 0 spiro atoms. The predicted molar refractivity (Wildman–Crippen MR) is 121 cm³/mol. The Bertz CT molecular complexity index is 720. The van der Waals surface area contributed by atoms with Gasteiger partial charge in [0.25, 0.3) is 0 Å². The van der Waals surface area contributed by atoms with Crippen molar-refractivity contribution >= 4 is 23.9 Å². The van der Waals surface area contributed by atoms with E-state index in [2.05, 4.69) is 0 Å². The summed E-state index contributed by atoms with van der Waals surface area (Å²) >= 11 is 0. The number of ether oxygens (including phenoxy) is 4. The molecule has 0 bridgehead atoms. The SMILES string of the molecule is CCCCOC(=O)CC(CC(=O)OCCCC)(OC(=O)c1ccccc1)C(=O)OCCCC. The zero-order chi connectivity index (χ0) is 24.5. The maximum absolute atomic E-state index is 13.1. The van der Waals surface area contributed by atoms with Crippen molar-refractivity contribution in [3.05, 3.63) is 35.9 Å². The Kier molecular flexibility index (Phi) is 13.5. The Labute approximate surface area is 195 Å². The van der Waals surface area contributed by atoms with Crippen LogP contribution < -0.4 is 0 Å². The van der Waals surface area contributed by atoms with E-state index in [1.807, 2.05) is 20.8 Å². The van der Waals surface area contributed by atoms with Gasteiger partial charge < -0.3 is 18.9 Å².